The third-order valence-electron chi connectivity index (χ3n) is 4.30. The highest BCUT2D eigenvalue weighted by atomic mass is 16.3. The first-order valence-electron chi connectivity index (χ1n) is 7.36. The van der Waals surface area contributed by atoms with E-state index in [-0.39, 0.29) is 22.0 Å². The highest BCUT2D eigenvalue weighted by molar-refractivity contribution is 5.47. The summed E-state index contributed by atoms with van der Waals surface area (Å²) in [7, 11) is 0. The van der Waals surface area contributed by atoms with E-state index in [0.717, 1.165) is 12.0 Å². The molecule has 1 aliphatic carbocycles. The number of aliphatic hydroxyl groups excluding tert-OH is 1. The number of allylic oxidation sites excluding steroid dienone is 6. The molecule has 0 aliphatic heterocycles. The summed E-state index contributed by atoms with van der Waals surface area (Å²) in [5, 5.41) is 10.1. The molecule has 0 saturated carbocycles. The van der Waals surface area contributed by atoms with Crippen molar-refractivity contribution in [2.45, 2.75) is 54.9 Å². The molecule has 1 N–H and O–H groups in total. The zero-order valence-corrected chi connectivity index (χ0v) is 14.2. The van der Waals surface area contributed by atoms with Gasteiger partial charge in [0.25, 0.3) is 0 Å². The molecule has 0 heterocycles. The lowest BCUT2D eigenvalue weighted by Gasteiger charge is -2.43. The van der Waals surface area contributed by atoms with Crippen molar-refractivity contribution in [2.75, 3.05) is 0 Å². The lowest BCUT2D eigenvalue weighted by Crippen LogP contribution is -2.34. The highest BCUT2D eigenvalue weighted by Crippen LogP contribution is 2.50. The molecule has 0 aromatic heterocycles. The second-order valence-corrected chi connectivity index (χ2v) is 8.25. The molecule has 0 spiro atoms. The van der Waals surface area contributed by atoms with Crippen LogP contribution in [0.25, 0.3) is 0 Å². The quantitative estimate of drug-likeness (QED) is 0.615. The Morgan fingerprint density at radius 3 is 2.10 bits per heavy atom. The molecule has 0 amide bonds. The molecule has 20 heavy (non-hydrogen) atoms. The van der Waals surface area contributed by atoms with Crippen LogP contribution < -0.4 is 0 Å². The Morgan fingerprint density at radius 1 is 1.15 bits per heavy atom. The summed E-state index contributed by atoms with van der Waals surface area (Å²) in [5.74, 6) is 0.199. The molecule has 112 valence electrons. The largest absolute Gasteiger partial charge is 0.508 e. The molecule has 1 nitrogen and oxygen atoms in total. The van der Waals surface area contributed by atoms with E-state index in [0.29, 0.717) is 0 Å². The maximum Gasteiger partial charge on any atom is 0.111 e. The van der Waals surface area contributed by atoms with Crippen LogP contribution in [-0.4, -0.2) is 5.11 Å². The predicted molar refractivity (Wildman–Crippen MR) is 88.7 cm³/mol. The number of aliphatic hydroxyl groups is 1. The summed E-state index contributed by atoms with van der Waals surface area (Å²) >= 11 is 0. The summed E-state index contributed by atoms with van der Waals surface area (Å²) in [4.78, 5) is 0. The van der Waals surface area contributed by atoms with Crippen molar-refractivity contribution in [3.05, 3.63) is 47.8 Å². The fourth-order valence-corrected chi connectivity index (χ4v) is 2.61. The smallest absolute Gasteiger partial charge is 0.111 e. The molecule has 0 bridgehead atoms. The van der Waals surface area contributed by atoms with Gasteiger partial charge in [0.15, 0.2) is 0 Å². The maximum absolute atomic E-state index is 10.1. The molecule has 1 heteroatoms. The van der Waals surface area contributed by atoms with Crippen molar-refractivity contribution in [3.8, 4) is 0 Å². The number of hydrogen-bond donors (Lipinski definition) is 1. The van der Waals surface area contributed by atoms with Crippen LogP contribution in [0.5, 0.6) is 0 Å². The van der Waals surface area contributed by atoms with Crippen molar-refractivity contribution in [3.63, 3.8) is 0 Å². The van der Waals surface area contributed by atoms with Crippen molar-refractivity contribution in [1.82, 2.24) is 0 Å². The van der Waals surface area contributed by atoms with Gasteiger partial charge in [-0.25, -0.2) is 0 Å². The minimum atomic E-state index is -0.103. The average Bonchev–Trinajstić information content (AvgIpc) is 2.24. The van der Waals surface area contributed by atoms with Gasteiger partial charge >= 0.3 is 0 Å². The summed E-state index contributed by atoms with van der Waals surface area (Å²) in [6.45, 7) is 19.3. The Labute approximate surface area is 124 Å². The van der Waals surface area contributed by atoms with E-state index in [2.05, 4.69) is 79.3 Å². The van der Waals surface area contributed by atoms with Gasteiger partial charge in [-0.05, 0) is 28.4 Å². The Balaban J connectivity index is 3.49. The normalized spacial score (nSPS) is 25.8. The second kappa shape index (κ2) is 5.27. The topological polar surface area (TPSA) is 20.2 Å². The number of rotatable bonds is 2. The second-order valence-electron chi connectivity index (χ2n) is 8.25. The molecule has 0 aromatic rings. The molecule has 0 saturated heterocycles. The van der Waals surface area contributed by atoms with Crippen molar-refractivity contribution < 1.29 is 5.11 Å². The minimum absolute atomic E-state index is 0.0716. The first kappa shape index (κ1) is 16.8. The monoisotopic (exact) mass is 274 g/mol. The summed E-state index contributed by atoms with van der Waals surface area (Å²) in [6.07, 6.45) is 9.35. The first-order chi connectivity index (χ1) is 8.88. The molecule has 0 radical (unpaired) electrons. The van der Waals surface area contributed by atoms with Gasteiger partial charge < -0.3 is 5.11 Å². The highest BCUT2D eigenvalue weighted by Gasteiger charge is 2.40. The summed E-state index contributed by atoms with van der Waals surface area (Å²) < 4.78 is 0. The van der Waals surface area contributed by atoms with Crippen molar-refractivity contribution in [2.24, 2.45) is 16.2 Å². The Morgan fingerprint density at radius 2 is 1.70 bits per heavy atom. The molecular weight excluding hydrogens is 244 g/mol. The third-order valence-corrected chi connectivity index (χ3v) is 4.30. The van der Waals surface area contributed by atoms with Gasteiger partial charge in [-0.3, -0.25) is 0 Å². The molecule has 1 unspecified atom stereocenters. The Kier molecular flexibility index (Phi) is 4.43. The third kappa shape index (κ3) is 3.45. The summed E-state index contributed by atoms with van der Waals surface area (Å²) in [6, 6.07) is 0. The maximum atomic E-state index is 10.1. The van der Waals surface area contributed by atoms with Gasteiger partial charge in [-0.1, -0.05) is 79.3 Å². The molecular formula is C19H30O. The van der Waals surface area contributed by atoms with Gasteiger partial charge in [0.2, 0.25) is 0 Å². The van der Waals surface area contributed by atoms with E-state index in [9.17, 15) is 5.11 Å². The van der Waals surface area contributed by atoms with Gasteiger partial charge in [-0.2, -0.15) is 0 Å². The molecule has 1 atom stereocenters. The van der Waals surface area contributed by atoms with E-state index in [1.54, 1.807) is 0 Å². The van der Waals surface area contributed by atoms with Crippen LogP contribution >= 0.6 is 0 Å². The zero-order chi connectivity index (χ0) is 15.8. The fourth-order valence-electron chi connectivity index (χ4n) is 2.61. The van der Waals surface area contributed by atoms with Crippen LogP contribution in [0.3, 0.4) is 0 Å². The zero-order valence-electron chi connectivity index (χ0n) is 14.2. The fraction of sp³-hybridized carbons (Fsp3) is 0.579. The molecule has 1 aliphatic rings. The lowest BCUT2D eigenvalue weighted by atomic mass is 9.60. The van der Waals surface area contributed by atoms with Crippen LogP contribution in [0.15, 0.2) is 47.8 Å². The number of hydrogen-bond acceptors (Lipinski definition) is 1. The van der Waals surface area contributed by atoms with E-state index in [1.165, 1.54) is 5.57 Å². The van der Waals surface area contributed by atoms with E-state index >= 15 is 0 Å². The van der Waals surface area contributed by atoms with E-state index in [1.807, 2.05) is 0 Å². The molecule has 1 rings (SSSR count). The SMILES string of the molecule is C=C(O)/C(CC(C)(C)C)=C1/C=CC=CC1(C)C(C)(C)C. The minimum Gasteiger partial charge on any atom is -0.508 e. The molecule has 0 fully saturated rings. The van der Waals surface area contributed by atoms with Crippen molar-refractivity contribution >= 4 is 0 Å². The van der Waals surface area contributed by atoms with Gasteiger partial charge in [0, 0.05) is 5.41 Å². The van der Waals surface area contributed by atoms with Crippen LogP contribution in [0.2, 0.25) is 0 Å². The Hall–Kier alpha value is -1.24. The Bertz CT molecular complexity index is 475. The summed E-state index contributed by atoms with van der Waals surface area (Å²) in [5.41, 5.74) is 2.25. The van der Waals surface area contributed by atoms with E-state index < -0.39 is 0 Å². The first-order valence-corrected chi connectivity index (χ1v) is 7.36. The van der Waals surface area contributed by atoms with Crippen LogP contribution in [0.4, 0.5) is 0 Å². The van der Waals surface area contributed by atoms with Gasteiger partial charge in [0.1, 0.15) is 5.76 Å². The van der Waals surface area contributed by atoms with Crippen LogP contribution in [0.1, 0.15) is 54.9 Å². The van der Waals surface area contributed by atoms with Gasteiger partial charge in [0.05, 0.1) is 0 Å². The van der Waals surface area contributed by atoms with E-state index in [4.69, 9.17) is 0 Å². The molecule has 0 aromatic carbocycles. The van der Waals surface area contributed by atoms with Gasteiger partial charge in [-0.15, -0.1) is 0 Å². The van der Waals surface area contributed by atoms with Crippen LogP contribution in [0, 0.1) is 16.2 Å². The predicted octanol–water partition coefficient (Wildman–Crippen LogP) is 5.97. The standard InChI is InChI=1S/C19H30O/c1-14(20)15(13-17(2,3)4)16-11-9-10-12-19(16,8)18(5,6)7/h9-12,20H,1,13H2,2-8H3/b16-15-. The van der Waals surface area contributed by atoms with Crippen molar-refractivity contribution in [1.29, 1.82) is 0 Å². The lowest BCUT2D eigenvalue weighted by molar-refractivity contribution is 0.212. The van der Waals surface area contributed by atoms with Crippen LogP contribution in [-0.2, 0) is 0 Å². The average molecular weight is 274 g/mol.